The van der Waals surface area contributed by atoms with Gasteiger partial charge in [-0.25, -0.2) is 0 Å². The molecule has 0 radical (unpaired) electrons. The maximum atomic E-state index is 11.9. The molecule has 0 saturated heterocycles. The molecule has 3 N–H and O–H groups in total. The third kappa shape index (κ3) is 3.03. The van der Waals surface area contributed by atoms with Gasteiger partial charge in [0.15, 0.2) is 0 Å². The first kappa shape index (κ1) is 12.0. The average Bonchev–Trinajstić information content (AvgIpc) is 2.74. The fourth-order valence-corrected chi connectivity index (χ4v) is 2.24. The summed E-state index contributed by atoms with van der Waals surface area (Å²) in [4.78, 5) is 16.1. The fourth-order valence-electron chi connectivity index (χ4n) is 2.24. The molecule has 1 heterocycles. The van der Waals surface area contributed by atoms with Crippen LogP contribution in [0.4, 0.5) is 0 Å². The number of aryl methyl sites for hydroxylation is 1. The first-order valence-corrected chi connectivity index (χ1v) is 6.11. The molecule has 1 amide bonds. The summed E-state index contributed by atoms with van der Waals surface area (Å²) in [6, 6.07) is 3.96. The second kappa shape index (κ2) is 5.27. The van der Waals surface area contributed by atoms with Crippen LogP contribution in [0.15, 0.2) is 18.3 Å². The molecule has 0 aromatic carbocycles. The van der Waals surface area contributed by atoms with Crippen molar-refractivity contribution in [3.63, 3.8) is 0 Å². The van der Waals surface area contributed by atoms with Crippen molar-refractivity contribution in [2.75, 3.05) is 0 Å². The number of hydrogen-bond donors (Lipinski definition) is 2. The Morgan fingerprint density at radius 3 is 2.94 bits per heavy atom. The van der Waals surface area contributed by atoms with Gasteiger partial charge in [0.2, 0.25) is 5.91 Å². The molecule has 4 nitrogen and oxygen atoms in total. The molecule has 17 heavy (non-hydrogen) atoms. The minimum absolute atomic E-state index is 0.00610. The monoisotopic (exact) mass is 233 g/mol. The zero-order valence-electron chi connectivity index (χ0n) is 10.1. The second-order valence-corrected chi connectivity index (χ2v) is 4.73. The first-order chi connectivity index (χ1) is 8.16. The van der Waals surface area contributed by atoms with Crippen molar-refractivity contribution in [2.24, 2.45) is 11.7 Å². The van der Waals surface area contributed by atoms with Crippen molar-refractivity contribution >= 4 is 5.91 Å². The third-order valence-corrected chi connectivity index (χ3v) is 3.35. The number of carbonyl (C=O) groups is 1. The lowest BCUT2D eigenvalue weighted by atomic mass is 10.0. The minimum atomic E-state index is -0.00610. The van der Waals surface area contributed by atoms with Gasteiger partial charge >= 0.3 is 0 Å². The number of rotatable bonds is 3. The molecule has 0 aliphatic heterocycles. The highest BCUT2D eigenvalue weighted by Gasteiger charge is 2.29. The second-order valence-electron chi connectivity index (χ2n) is 4.73. The molecule has 1 fully saturated rings. The van der Waals surface area contributed by atoms with E-state index in [1.807, 2.05) is 19.1 Å². The van der Waals surface area contributed by atoms with Gasteiger partial charge in [-0.2, -0.15) is 0 Å². The lowest BCUT2D eigenvalue weighted by molar-refractivity contribution is -0.125. The van der Waals surface area contributed by atoms with Gasteiger partial charge in [0, 0.05) is 24.5 Å². The molecule has 1 aromatic rings. The summed E-state index contributed by atoms with van der Waals surface area (Å²) in [5, 5.41) is 2.93. The Kier molecular flexibility index (Phi) is 3.74. The van der Waals surface area contributed by atoms with E-state index < -0.39 is 0 Å². The van der Waals surface area contributed by atoms with Gasteiger partial charge in [0.05, 0.1) is 5.92 Å². The summed E-state index contributed by atoms with van der Waals surface area (Å²) in [7, 11) is 0. The molecule has 2 unspecified atom stereocenters. The summed E-state index contributed by atoms with van der Waals surface area (Å²) in [5.41, 5.74) is 7.90. The predicted octanol–water partition coefficient (Wildman–Crippen LogP) is 1.13. The average molecular weight is 233 g/mol. The molecule has 92 valence electrons. The molecule has 1 aromatic heterocycles. The number of aromatic nitrogens is 1. The van der Waals surface area contributed by atoms with E-state index in [2.05, 4.69) is 10.3 Å². The van der Waals surface area contributed by atoms with Crippen LogP contribution < -0.4 is 11.1 Å². The highest BCUT2D eigenvalue weighted by molar-refractivity contribution is 5.79. The number of carbonyl (C=O) groups excluding carboxylic acids is 1. The van der Waals surface area contributed by atoms with Crippen LogP contribution in [-0.4, -0.2) is 16.9 Å². The van der Waals surface area contributed by atoms with Gasteiger partial charge in [0.1, 0.15) is 0 Å². The van der Waals surface area contributed by atoms with Gasteiger partial charge in [-0.1, -0.05) is 12.5 Å². The van der Waals surface area contributed by atoms with Crippen molar-refractivity contribution in [3.05, 3.63) is 29.6 Å². The Bertz CT molecular complexity index is 388. The van der Waals surface area contributed by atoms with Crippen LogP contribution in [0.25, 0.3) is 0 Å². The zero-order valence-corrected chi connectivity index (χ0v) is 10.1. The molecule has 2 atom stereocenters. The summed E-state index contributed by atoms with van der Waals surface area (Å²) >= 11 is 0. The molecule has 2 rings (SSSR count). The van der Waals surface area contributed by atoms with Gasteiger partial charge in [0.25, 0.3) is 0 Å². The molecule has 0 bridgehead atoms. The Morgan fingerprint density at radius 2 is 2.35 bits per heavy atom. The topological polar surface area (TPSA) is 68.0 Å². The molecule has 1 aliphatic carbocycles. The van der Waals surface area contributed by atoms with Crippen LogP contribution in [0, 0.1) is 12.8 Å². The van der Waals surface area contributed by atoms with Gasteiger partial charge in [-0.05, 0) is 31.4 Å². The number of pyridine rings is 1. The number of nitrogens with two attached hydrogens (primary N) is 1. The van der Waals surface area contributed by atoms with Gasteiger partial charge < -0.3 is 11.1 Å². The predicted molar refractivity (Wildman–Crippen MR) is 66.1 cm³/mol. The summed E-state index contributed by atoms with van der Waals surface area (Å²) < 4.78 is 0. The maximum absolute atomic E-state index is 11.9. The van der Waals surface area contributed by atoms with Crippen molar-refractivity contribution in [1.82, 2.24) is 10.3 Å². The first-order valence-electron chi connectivity index (χ1n) is 6.11. The smallest absolute Gasteiger partial charge is 0.224 e. The van der Waals surface area contributed by atoms with E-state index in [1.165, 1.54) is 0 Å². The minimum Gasteiger partial charge on any atom is -0.352 e. The maximum Gasteiger partial charge on any atom is 0.224 e. The Labute approximate surface area is 102 Å². The summed E-state index contributed by atoms with van der Waals surface area (Å²) in [5.74, 6) is 0.0731. The number of hydrogen-bond acceptors (Lipinski definition) is 3. The summed E-state index contributed by atoms with van der Waals surface area (Å²) in [6.07, 6.45) is 4.73. The number of nitrogens with one attached hydrogen (secondary N) is 1. The van der Waals surface area contributed by atoms with Crippen molar-refractivity contribution in [3.8, 4) is 0 Å². The number of amides is 1. The lowest BCUT2D eigenvalue weighted by Crippen LogP contribution is -2.38. The number of nitrogens with zero attached hydrogens (tertiary/aromatic N) is 1. The van der Waals surface area contributed by atoms with Crippen LogP contribution in [0.3, 0.4) is 0 Å². The van der Waals surface area contributed by atoms with E-state index in [4.69, 9.17) is 5.73 Å². The Morgan fingerprint density at radius 1 is 1.53 bits per heavy atom. The Balaban J connectivity index is 1.85. The van der Waals surface area contributed by atoms with Crippen LogP contribution in [0.1, 0.15) is 30.5 Å². The molecule has 4 heteroatoms. The molecule has 1 aliphatic rings. The highest BCUT2D eigenvalue weighted by atomic mass is 16.1. The third-order valence-electron chi connectivity index (χ3n) is 3.35. The lowest BCUT2D eigenvalue weighted by Gasteiger charge is -2.15. The fraction of sp³-hybridized carbons (Fsp3) is 0.538. The quantitative estimate of drug-likeness (QED) is 0.822. The van der Waals surface area contributed by atoms with Crippen LogP contribution in [0.2, 0.25) is 0 Å². The standard InChI is InChI=1S/C13H19N3O/c1-9-5-6-10(7-15-9)8-16-13(17)11-3-2-4-12(11)14/h5-7,11-12H,2-4,8,14H2,1H3,(H,16,17). The molecule has 1 saturated carbocycles. The molecular weight excluding hydrogens is 214 g/mol. The van der Waals surface area contributed by atoms with E-state index in [9.17, 15) is 4.79 Å². The molecular formula is C13H19N3O. The molecule has 0 spiro atoms. The van der Waals surface area contributed by atoms with E-state index in [0.29, 0.717) is 6.54 Å². The summed E-state index contributed by atoms with van der Waals surface area (Å²) in [6.45, 7) is 2.48. The van der Waals surface area contributed by atoms with Crippen LogP contribution >= 0.6 is 0 Å². The zero-order chi connectivity index (χ0) is 12.3. The van der Waals surface area contributed by atoms with E-state index in [0.717, 1.165) is 30.5 Å². The largest absolute Gasteiger partial charge is 0.352 e. The highest BCUT2D eigenvalue weighted by Crippen LogP contribution is 2.23. The van der Waals surface area contributed by atoms with Crippen molar-refractivity contribution in [1.29, 1.82) is 0 Å². The van der Waals surface area contributed by atoms with E-state index in [1.54, 1.807) is 6.20 Å². The van der Waals surface area contributed by atoms with Gasteiger partial charge in [-0.15, -0.1) is 0 Å². The van der Waals surface area contributed by atoms with Gasteiger partial charge in [-0.3, -0.25) is 9.78 Å². The normalized spacial score (nSPS) is 23.6. The van der Waals surface area contributed by atoms with Crippen LogP contribution in [0.5, 0.6) is 0 Å². The van der Waals surface area contributed by atoms with E-state index in [-0.39, 0.29) is 17.9 Å². The SMILES string of the molecule is Cc1ccc(CNC(=O)C2CCCC2N)cn1. The van der Waals surface area contributed by atoms with Crippen molar-refractivity contribution in [2.45, 2.75) is 38.8 Å². The van der Waals surface area contributed by atoms with E-state index >= 15 is 0 Å². The van der Waals surface area contributed by atoms with Crippen LogP contribution in [-0.2, 0) is 11.3 Å². The Hall–Kier alpha value is -1.42. The van der Waals surface area contributed by atoms with Crippen molar-refractivity contribution < 1.29 is 4.79 Å².